The van der Waals surface area contributed by atoms with Gasteiger partial charge in [-0.25, -0.2) is 4.98 Å². The molecule has 4 heterocycles. The lowest BCUT2D eigenvalue weighted by Crippen LogP contribution is -2.39. The average molecular weight is 366 g/mol. The summed E-state index contributed by atoms with van der Waals surface area (Å²) in [6.07, 6.45) is 6.77. The van der Waals surface area contributed by atoms with Gasteiger partial charge in [-0.05, 0) is 36.6 Å². The molecule has 26 heavy (non-hydrogen) atoms. The van der Waals surface area contributed by atoms with Crippen LogP contribution >= 0.6 is 11.3 Å². The van der Waals surface area contributed by atoms with E-state index in [2.05, 4.69) is 9.97 Å². The highest BCUT2D eigenvalue weighted by Gasteiger charge is 2.30. The summed E-state index contributed by atoms with van der Waals surface area (Å²) in [4.78, 5) is 36.3. The second kappa shape index (κ2) is 6.84. The summed E-state index contributed by atoms with van der Waals surface area (Å²) in [5.41, 5.74) is 7.20. The van der Waals surface area contributed by atoms with Crippen molar-refractivity contribution in [1.82, 2.24) is 14.9 Å². The summed E-state index contributed by atoms with van der Waals surface area (Å²) in [5, 5.41) is 0.967. The van der Waals surface area contributed by atoms with Gasteiger partial charge in [-0.1, -0.05) is 6.07 Å². The molecule has 0 aromatic carbocycles. The molecular formula is C19H18N4O2S. The molecule has 0 bridgehead atoms. The van der Waals surface area contributed by atoms with Crippen LogP contribution in [-0.2, 0) is 0 Å². The molecule has 3 aromatic rings. The Kier molecular flexibility index (Phi) is 4.38. The van der Waals surface area contributed by atoms with Crippen LogP contribution in [0.2, 0.25) is 0 Å². The molecule has 4 rings (SSSR count). The smallest absolute Gasteiger partial charge is 0.259 e. The van der Waals surface area contributed by atoms with Crippen molar-refractivity contribution < 1.29 is 9.59 Å². The first-order chi connectivity index (χ1) is 12.6. The third-order valence-corrected chi connectivity index (χ3v) is 5.92. The monoisotopic (exact) mass is 366 g/mol. The van der Waals surface area contributed by atoms with Crippen LogP contribution in [-0.4, -0.2) is 39.8 Å². The predicted molar refractivity (Wildman–Crippen MR) is 100 cm³/mol. The number of hydrogen-bond donors (Lipinski definition) is 1. The molecular weight excluding hydrogens is 348 g/mol. The molecule has 1 fully saturated rings. The van der Waals surface area contributed by atoms with Crippen LogP contribution in [0.5, 0.6) is 0 Å². The highest BCUT2D eigenvalue weighted by molar-refractivity contribution is 7.20. The lowest BCUT2D eigenvalue weighted by atomic mass is 9.88. The third-order valence-electron chi connectivity index (χ3n) is 4.77. The molecule has 3 aromatic heterocycles. The third kappa shape index (κ3) is 2.94. The number of nitrogens with zero attached hydrogens (tertiary/aromatic N) is 3. The topological polar surface area (TPSA) is 89.2 Å². The van der Waals surface area contributed by atoms with E-state index in [1.807, 2.05) is 17.0 Å². The van der Waals surface area contributed by atoms with E-state index in [1.54, 1.807) is 30.7 Å². The standard InChI is InChI=1S/C19H18N4O2S/c20-17(24)16-15(14-4-1-7-22-18(14)26-16)13-3-2-10-23(11-13)19(25)12-5-8-21-9-6-12/h1,4-9,13H,2-3,10-11H2,(H2,20,24). The Hall–Kier alpha value is -2.80. The quantitative estimate of drug-likeness (QED) is 0.772. The number of carbonyl (C=O) groups excluding carboxylic acids is 2. The first-order valence-corrected chi connectivity index (χ1v) is 9.33. The number of fused-ring (bicyclic) bond motifs is 1. The van der Waals surface area contributed by atoms with Gasteiger partial charge in [0.25, 0.3) is 11.8 Å². The molecule has 2 amide bonds. The Labute approximate surface area is 154 Å². The average Bonchev–Trinajstić information content (AvgIpc) is 3.08. The van der Waals surface area contributed by atoms with E-state index in [-0.39, 0.29) is 11.8 Å². The van der Waals surface area contributed by atoms with Crippen molar-refractivity contribution in [2.24, 2.45) is 5.73 Å². The Bertz CT molecular complexity index is 970. The maximum Gasteiger partial charge on any atom is 0.259 e. The van der Waals surface area contributed by atoms with Gasteiger partial charge in [0.05, 0.1) is 4.88 Å². The molecule has 1 aliphatic rings. The molecule has 0 radical (unpaired) electrons. The number of amides is 2. The highest BCUT2D eigenvalue weighted by atomic mass is 32.1. The van der Waals surface area contributed by atoms with Gasteiger partial charge in [-0.2, -0.15) is 0 Å². The fourth-order valence-electron chi connectivity index (χ4n) is 3.61. The predicted octanol–water partition coefficient (Wildman–Crippen LogP) is 2.81. The Morgan fingerprint density at radius 1 is 1.19 bits per heavy atom. The number of hydrogen-bond acceptors (Lipinski definition) is 5. The van der Waals surface area contributed by atoms with Crippen LogP contribution in [0.4, 0.5) is 0 Å². The van der Waals surface area contributed by atoms with Gasteiger partial charge in [-0.3, -0.25) is 14.6 Å². The van der Waals surface area contributed by atoms with Crippen molar-refractivity contribution in [2.45, 2.75) is 18.8 Å². The van der Waals surface area contributed by atoms with Crippen molar-refractivity contribution in [2.75, 3.05) is 13.1 Å². The van der Waals surface area contributed by atoms with E-state index in [0.717, 1.165) is 28.6 Å². The number of carbonyl (C=O) groups is 2. The summed E-state index contributed by atoms with van der Waals surface area (Å²) in [5.74, 6) is -0.356. The molecule has 6 nitrogen and oxygen atoms in total. The van der Waals surface area contributed by atoms with E-state index in [0.29, 0.717) is 23.5 Å². The summed E-state index contributed by atoms with van der Waals surface area (Å²) in [6, 6.07) is 7.30. The van der Waals surface area contributed by atoms with Gasteiger partial charge in [0.15, 0.2) is 0 Å². The number of likely N-dealkylation sites (tertiary alicyclic amines) is 1. The van der Waals surface area contributed by atoms with Crippen LogP contribution in [0.25, 0.3) is 10.2 Å². The number of rotatable bonds is 3. The first-order valence-electron chi connectivity index (χ1n) is 8.51. The molecule has 1 aliphatic heterocycles. The fraction of sp³-hybridized carbons (Fsp3) is 0.263. The lowest BCUT2D eigenvalue weighted by Gasteiger charge is -2.33. The van der Waals surface area contributed by atoms with Crippen molar-refractivity contribution in [3.05, 3.63) is 58.9 Å². The zero-order chi connectivity index (χ0) is 18.1. The van der Waals surface area contributed by atoms with Gasteiger partial charge in [0.2, 0.25) is 0 Å². The van der Waals surface area contributed by atoms with Crippen LogP contribution in [0.15, 0.2) is 42.9 Å². The molecule has 132 valence electrons. The maximum atomic E-state index is 12.8. The minimum Gasteiger partial charge on any atom is -0.365 e. The number of piperidine rings is 1. The molecule has 0 spiro atoms. The Morgan fingerprint density at radius 3 is 2.77 bits per heavy atom. The van der Waals surface area contributed by atoms with Gasteiger partial charge in [-0.15, -0.1) is 11.3 Å². The zero-order valence-electron chi connectivity index (χ0n) is 14.1. The van der Waals surface area contributed by atoms with Gasteiger partial charge in [0.1, 0.15) is 4.83 Å². The zero-order valence-corrected chi connectivity index (χ0v) is 14.9. The Balaban J connectivity index is 1.68. The number of nitrogens with two attached hydrogens (primary N) is 1. The summed E-state index contributed by atoms with van der Waals surface area (Å²) in [6.45, 7) is 1.28. The van der Waals surface area contributed by atoms with Crippen LogP contribution in [0.3, 0.4) is 0 Å². The molecule has 1 unspecified atom stereocenters. The van der Waals surface area contributed by atoms with Gasteiger partial charge >= 0.3 is 0 Å². The van der Waals surface area contributed by atoms with E-state index < -0.39 is 5.91 Å². The molecule has 0 aliphatic carbocycles. The van der Waals surface area contributed by atoms with E-state index >= 15 is 0 Å². The fourth-order valence-corrected chi connectivity index (χ4v) is 4.70. The Morgan fingerprint density at radius 2 is 2.00 bits per heavy atom. The normalized spacial score (nSPS) is 17.4. The molecule has 7 heteroatoms. The van der Waals surface area contributed by atoms with Crippen molar-refractivity contribution in [3.63, 3.8) is 0 Å². The minimum absolute atomic E-state index is 0.00427. The van der Waals surface area contributed by atoms with E-state index in [9.17, 15) is 9.59 Å². The number of primary amides is 1. The number of aromatic nitrogens is 2. The van der Waals surface area contributed by atoms with Gasteiger partial charge in [0, 0.05) is 48.5 Å². The van der Waals surface area contributed by atoms with Crippen LogP contribution in [0.1, 0.15) is 44.4 Å². The second-order valence-electron chi connectivity index (χ2n) is 6.39. The van der Waals surface area contributed by atoms with Crippen LogP contribution < -0.4 is 5.73 Å². The van der Waals surface area contributed by atoms with Crippen molar-refractivity contribution in [1.29, 1.82) is 0 Å². The molecule has 1 atom stereocenters. The van der Waals surface area contributed by atoms with Crippen molar-refractivity contribution >= 4 is 33.4 Å². The maximum absolute atomic E-state index is 12.8. The molecule has 2 N–H and O–H groups in total. The van der Waals surface area contributed by atoms with E-state index in [4.69, 9.17) is 5.73 Å². The van der Waals surface area contributed by atoms with E-state index in [1.165, 1.54) is 11.3 Å². The number of thiophene rings is 1. The molecule has 1 saturated heterocycles. The SMILES string of the molecule is NC(=O)c1sc2ncccc2c1C1CCCN(C(=O)c2ccncc2)C1. The van der Waals surface area contributed by atoms with Gasteiger partial charge < -0.3 is 10.6 Å². The number of pyridine rings is 2. The minimum atomic E-state index is -0.430. The first kappa shape index (κ1) is 16.7. The summed E-state index contributed by atoms with van der Waals surface area (Å²) < 4.78 is 0. The summed E-state index contributed by atoms with van der Waals surface area (Å²) >= 11 is 1.33. The largest absolute Gasteiger partial charge is 0.365 e. The second-order valence-corrected chi connectivity index (χ2v) is 7.39. The summed E-state index contributed by atoms with van der Waals surface area (Å²) in [7, 11) is 0. The molecule has 0 saturated carbocycles. The lowest BCUT2D eigenvalue weighted by molar-refractivity contribution is 0.0707. The highest BCUT2D eigenvalue weighted by Crippen LogP contribution is 2.39. The van der Waals surface area contributed by atoms with Crippen molar-refractivity contribution in [3.8, 4) is 0 Å². The van der Waals surface area contributed by atoms with Crippen LogP contribution in [0, 0.1) is 0 Å².